The highest BCUT2D eigenvalue weighted by molar-refractivity contribution is 5.54. The predicted molar refractivity (Wildman–Crippen MR) is 76.1 cm³/mol. The third kappa shape index (κ3) is 3.15. The number of nitrogens with one attached hydrogen (secondary N) is 1. The second kappa shape index (κ2) is 5.17. The molecular formula is C15H23N3. The molecule has 2 fully saturated rings. The molecule has 0 aromatic carbocycles. The van der Waals surface area contributed by atoms with Crippen LogP contribution in [-0.4, -0.2) is 24.6 Å². The third-order valence-electron chi connectivity index (χ3n) is 3.82. The van der Waals surface area contributed by atoms with Crippen LogP contribution in [0.5, 0.6) is 0 Å². The normalized spacial score (nSPS) is 18.7. The van der Waals surface area contributed by atoms with Gasteiger partial charge in [-0.15, -0.1) is 0 Å². The Morgan fingerprint density at radius 2 is 1.89 bits per heavy atom. The monoisotopic (exact) mass is 245 g/mol. The Morgan fingerprint density at radius 1 is 1.22 bits per heavy atom. The van der Waals surface area contributed by atoms with Gasteiger partial charge < -0.3 is 10.2 Å². The standard InChI is InChI=1S/C15H23N3/c1-2-16-15-9-14(7-8-17-15)18(10-12-3-4-12)11-13-5-6-13/h7-9,12-13H,2-6,10-11H2,1H3,(H,16,17). The molecule has 0 atom stereocenters. The van der Waals surface area contributed by atoms with Crippen LogP contribution < -0.4 is 10.2 Å². The van der Waals surface area contributed by atoms with Crippen LogP contribution in [0.1, 0.15) is 32.6 Å². The van der Waals surface area contributed by atoms with Crippen molar-refractivity contribution in [2.45, 2.75) is 32.6 Å². The van der Waals surface area contributed by atoms with Crippen molar-refractivity contribution < 1.29 is 0 Å². The van der Waals surface area contributed by atoms with Crippen molar-refractivity contribution in [1.29, 1.82) is 0 Å². The highest BCUT2D eigenvalue weighted by Crippen LogP contribution is 2.35. The molecule has 0 spiro atoms. The number of pyridine rings is 1. The van der Waals surface area contributed by atoms with Gasteiger partial charge >= 0.3 is 0 Å². The quantitative estimate of drug-likeness (QED) is 0.800. The van der Waals surface area contributed by atoms with Gasteiger partial charge in [0.25, 0.3) is 0 Å². The summed E-state index contributed by atoms with van der Waals surface area (Å²) in [6.07, 6.45) is 7.62. The SMILES string of the molecule is CCNc1cc(N(CC2CC2)CC2CC2)ccn1. The Hall–Kier alpha value is -1.25. The van der Waals surface area contributed by atoms with Crippen molar-refractivity contribution in [2.75, 3.05) is 29.9 Å². The number of hydrogen-bond donors (Lipinski definition) is 1. The van der Waals surface area contributed by atoms with Crippen LogP contribution in [0.3, 0.4) is 0 Å². The lowest BCUT2D eigenvalue weighted by molar-refractivity contribution is 0.679. The number of hydrogen-bond acceptors (Lipinski definition) is 3. The van der Waals surface area contributed by atoms with Crippen molar-refractivity contribution in [2.24, 2.45) is 11.8 Å². The van der Waals surface area contributed by atoms with Crippen LogP contribution in [0.4, 0.5) is 11.5 Å². The smallest absolute Gasteiger partial charge is 0.127 e. The molecular weight excluding hydrogens is 222 g/mol. The lowest BCUT2D eigenvalue weighted by Crippen LogP contribution is -2.28. The van der Waals surface area contributed by atoms with Gasteiger partial charge in [0.1, 0.15) is 5.82 Å². The fourth-order valence-corrected chi connectivity index (χ4v) is 2.40. The molecule has 0 bridgehead atoms. The van der Waals surface area contributed by atoms with Gasteiger partial charge in [-0.25, -0.2) is 4.98 Å². The zero-order valence-electron chi connectivity index (χ0n) is 11.2. The van der Waals surface area contributed by atoms with E-state index in [1.807, 2.05) is 6.20 Å². The van der Waals surface area contributed by atoms with E-state index in [0.717, 1.165) is 24.2 Å². The number of rotatable bonds is 7. The van der Waals surface area contributed by atoms with Gasteiger partial charge in [0, 0.05) is 37.6 Å². The van der Waals surface area contributed by atoms with Crippen LogP contribution in [-0.2, 0) is 0 Å². The summed E-state index contributed by atoms with van der Waals surface area (Å²) in [4.78, 5) is 6.94. The summed E-state index contributed by atoms with van der Waals surface area (Å²) in [6, 6.07) is 4.36. The fraction of sp³-hybridized carbons (Fsp3) is 0.667. The minimum atomic E-state index is 0.932. The second-order valence-corrected chi connectivity index (χ2v) is 5.72. The molecule has 0 aliphatic heterocycles. The van der Waals surface area contributed by atoms with Gasteiger partial charge in [-0.2, -0.15) is 0 Å². The van der Waals surface area contributed by atoms with E-state index < -0.39 is 0 Å². The molecule has 0 saturated heterocycles. The van der Waals surface area contributed by atoms with Gasteiger partial charge in [-0.3, -0.25) is 0 Å². The molecule has 0 unspecified atom stereocenters. The van der Waals surface area contributed by atoms with Gasteiger partial charge in [-0.05, 0) is 50.5 Å². The lowest BCUT2D eigenvalue weighted by Gasteiger charge is -2.25. The molecule has 1 aromatic heterocycles. The molecule has 0 amide bonds. The maximum atomic E-state index is 4.36. The fourth-order valence-electron chi connectivity index (χ4n) is 2.40. The number of aromatic nitrogens is 1. The van der Waals surface area contributed by atoms with Gasteiger partial charge in [0.2, 0.25) is 0 Å². The van der Waals surface area contributed by atoms with Crippen LogP contribution in [0.2, 0.25) is 0 Å². The molecule has 98 valence electrons. The van der Waals surface area contributed by atoms with Gasteiger partial charge in [0.05, 0.1) is 0 Å². The minimum absolute atomic E-state index is 0.932. The lowest BCUT2D eigenvalue weighted by atomic mass is 10.2. The van der Waals surface area contributed by atoms with E-state index >= 15 is 0 Å². The van der Waals surface area contributed by atoms with Crippen LogP contribution in [0.25, 0.3) is 0 Å². The Morgan fingerprint density at radius 3 is 2.44 bits per heavy atom. The molecule has 1 aromatic rings. The molecule has 3 nitrogen and oxygen atoms in total. The molecule has 1 N–H and O–H groups in total. The van der Waals surface area contributed by atoms with Crippen molar-refractivity contribution in [3.8, 4) is 0 Å². The highest BCUT2D eigenvalue weighted by Gasteiger charge is 2.29. The van der Waals surface area contributed by atoms with Gasteiger partial charge in [-0.1, -0.05) is 0 Å². The summed E-state index contributed by atoms with van der Waals surface area (Å²) < 4.78 is 0. The molecule has 3 heteroatoms. The first-order valence-electron chi connectivity index (χ1n) is 7.30. The van der Waals surface area contributed by atoms with E-state index in [0.29, 0.717) is 0 Å². The summed E-state index contributed by atoms with van der Waals surface area (Å²) in [5.74, 6) is 2.89. The Balaban J connectivity index is 1.71. The summed E-state index contributed by atoms with van der Waals surface area (Å²) in [5, 5.41) is 3.30. The van der Waals surface area contributed by atoms with Crippen molar-refractivity contribution >= 4 is 11.5 Å². The number of anilines is 2. The van der Waals surface area contributed by atoms with E-state index in [1.165, 1.54) is 44.5 Å². The van der Waals surface area contributed by atoms with Crippen molar-refractivity contribution in [1.82, 2.24) is 4.98 Å². The van der Waals surface area contributed by atoms with E-state index in [1.54, 1.807) is 0 Å². The molecule has 2 aliphatic rings. The topological polar surface area (TPSA) is 28.2 Å². The molecule has 1 heterocycles. The molecule has 2 saturated carbocycles. The molecule has 2 aliphatic carbocycles. The van der Waals surface area contributed by atoms with Crippen LogP contribution in [0.15, 0.2) is 18.3 Å². The predicted octanol–water partition coefficient (Wildman–Crippen LogP) is 3.14. The first-order valence-corrected chi connectivity index (χ1v) is 7.30. The maximum absolute atomic E-state index is 4.36. The highest BCUT2D eigenvalue weighted by atomic mass is 15.1. The minimum Gasteiger partial charge on any atom is -0.371 e. The Kier molecular flexibility index (Phi) is 3.39. The first kappa shape index (κ1) is 11.8. The van der Waals surface area contributed by atoms with E-state index in [9.17, 15) is 0 Å². The average molecular weight is 245 g/mol. The summed E-state index contributed by atoms with van der Waals surface area (Å²) in [5.41, 5.74) is 1.35. The maximum Gasteiger partial charge on any atom is 0.127 e. The zero-order valence-corrected chi connectivity index (χ0v) is 11.2. The van der Waals surface area contributed by atoms with E-state index in [-0.39, 0.29) is 0 Å². The number of nitrogens with zero attached hydrogens (tertiary/aromatic N) is 2. The second-order valence-electron chi connectivity index (χ2n) is 5.72. The average Bonchev–Trinajstić information content (AvgIpc) is 3.24. The largest absolute Gasteiger partial charge is 0.371 e. The van der Waals surface area contributed by atoms with Crippen LogP contribution >= 0.6 is 0 Å². The summed E-state index contributed by atoms with van der Waals surface area (Å²) >= 11 is 0. The Labute approximate surface area is 110 Å². The van der Waals surface area contributed by atoms with E-state index in [4.69, 9.17) is 0 Å². The van der Waals surface area contributed by atoms with Crippen molar-refractivity contribution in [3.05, 3.63) is 18.3 Å². The molecule has 0 radical (unpaired) electrons. The van der Waals surface area contributed by atoms with E-state index in [2.05, 4.69) is 34.3 Å². The van der Waals surface area contributed by atoms with Gasteiger partial charge in [0.15, 0.2) is 0 Å². The third-order valence-corrected chi connectivity index (χ3v) is 3.82. The molecule has 3 rings (SSSR count). The summed E-state index contributed by atoms with van der Waals surface area (Å²) in [7, 11) is 0. The van der Waals surface area contributed by atoms with Crippen LogP contribution in [0, 0.1) is 11.8 Å². The first-order chi connectivity index (χ1) is 8.85. The molecule has 18 heavy (non-hydrogen) atoms. The van der Waals surface area contributed by atoms with Crippen molar-refractivity contribution in [3.63, 3.8) is 0 Å². The Bertz CT molecular complexity index is 382. The summed E-state index contributed by atoms with van der Waals surface area (Å²) in [6.45, 7) is 5.53. The zero-order chi connectivity index (χ0) is 12.4.